The third kappa shape index (κ3) is 5.81. The zero-order valence-corrected chi connectivity index (χ0v) is 15.1. The van der Waals surface area contributed by atoms with Crippen LogP contribution in [0.2, 0.25) is 0 Å². The molecule has 0 aromatic carbocycles. The molecule has 2 bridgehead atoms. The molecule has 2 rings (SSSR count). The number of allylic oxidation sites excluding steroid dienone is 2. The Balaban J connectivity index is 1.77. The van der Waals surface area contributed by atoms with Crippen LogP contribution in [-0.2, 0) is 19.1 Å². The Hall–Kier alpha value is -1.93. The molecule has 8 nitrogen and oxygen atoms in total. The number of carbonyl (C=O) groups excluding carboxylic acids is 2. The molecular weight excluding hydrogens is 340 g/mol. The van der Waals surface area contributed by atoms with Crippen LogP contribution in [0.1, 0.15) is 45.4 Å². The first-order valence-corrected chi connectivity index (χ1v) is 9.14. The Labute approximate surface area is 153 Å². The van der Waals surface area contributed by atoms with Crippen LogP contribution in [-0.4, -0.2) is 58.5 Å². The van der Waals surface area contributed by atoms with Crippen molar-refractivity contribution >= 4 is 17.8 Å². The molecule has 0 radical (unpaired) electrons. The van der Waals surface area contributed by atoms with Crippen LogP contribution in [0.4, 0.5) is 0 Å². The molecule has 2 saturated heterocycles. The van der Waals surface area contributed by atoms with Crippen LogP contribution in [0, 0.1) is 11.8 Å². The fourth-order valence-electron chi connectivity index (χ4n) is 3.76. The van der Waals surface area contributed by atoms with Gasteiger partial charge in [0.2, 0.25) is 11.8 Å². The Kier molecular flexibility index (Phi) is 7.59. The second-order valence-electron chi connectivity index (χ2n) is 6.99. The van der Waals surface area contributed by atoms with Crippen LogP contribution in [0.25, 0.3) is 0 Å². The SMILES string of the molecule is CC(=O)N(O)CC(=O)NC[C@H]1[C@@H](C/C=C\CCCC(=O)O)[C@H]2CC[C@@H]1O2. The summed E-state index contributed by atoms with van der Waals surface area (Å²) in [4.78, 5) is 33.3. The number of fused-ring (bicyclic) bond motifs is 2. The molecule has 0 aromatic heterocycles. The molecule has 4 atom stereocenters. The van der Waals surface area contributed by atoms with Gasteiger partial charge in [-0.15, -0.1) is 0 Å². The normalized spacial score (nSPS) is 27.0. The average molecular weight is 368 g/mol. The number of amides is 2. The van der Waals surface area contributed by atoms with E-state index in [2.05, 4.69) is 11.4 Å². The molecule has 26 heavy (non-hydrogen) atoms. The maximum absolute atomic E-state index is 11.8. The summed E-state index contributed by atoms with van der Waals surface area (Å²) in [6.45, 7) is 1.28. The first-order valence-electron chi connectivity index (χ1n) is 9.14. The van der Waals surface area contributed by atoms with Crippen LogP contribution in [0.15, 0.2) is 12.2 Å². The number of carbonyl (C=O) groups is 3. The number of hydrogen-bond donors (Lipinski definition) is 3. The van der Waals surface area contributed by atoms with Gasteiger partial charge in [-0.1, -0.05) is 12.2 Å². The van der Waals surface area contributed by atoms with E-state index in [1.165, 1.54) is 6.92 Å². The summed E-state index contributed by atoms with van der Waals surface area (Å²) >= 11 is 0. The van der Waals surface area contributed by atoms with E-state index in [0.717, 1.165) is 25.7 Å². The quantitative estimate of drug-likeness (QED) is 0.232. The predicted octanol–water partition coefficient (Wildman–Crippen LogP) is 1.34. The molecule has 146 valence electrons. The highest BCUT2D eigenvalue weighted by Gasteiger charge is 2.47. The summed E-state index contributed by atoms with van der Waals surface area (Å²) in [5, 5.41) is 21.1. The molecule has 0 saturated carbocycles. The topological polar surface area (TPSA) is 116 Å². The van der Waals surface area contributed by atoms with Gasteiger partial charge in [-0.2, -0.15) is 0 Å². The number of nitrogens with zero attached hydrogens (tertiary/aromatic N) is 1. The van der Waals surface area contributed by atoms with Crippen molar-refractivity contribution < 1.29 is 29.4 Å². The number of carboxylic acids is 1. The van der Waals surface area contributed by atoms with E-state index in [1.807, 2.05) is 6.08 Å². The number of ether oxygens (including phenoxy) is 1. The molecule has 2 aliphatic heterocycles. The predicted molar refractivity (Wildman–Crippen MR) is 92.3 cm³/mol. The number of aliphatic carboxylic acids is 1. The van der Waals surface area contributed by atoms with Crippen molar-refractivity contribution in [2.24, 2.45) is 11.8 Å². The number of hydrogen-bond acceptors (Lipinski definition) is 5. The van der Waals surface area contributed by atoms with Crippen molar-refractivity contribution in [1.82, 2.24) is 10.4 Å². The van der Waals surface area contributed by atoms with Crippen LogP contribution < -0.4 is 5.32 Å². The van der Waals surface area contributed by atoms with E-state index >= 15 is 0 Å². The van der Waals surface area contributed by atoms with Gasteiger partial charge in [-0.05, 0) is 38.0 Å². The molecule has 2 heterocycles. The van der Waals surface area contributed by atoms with Crippen molar-refractivity contribution in [3.05, 3.63) is 12.2 Å². The molecule has 8 heteroatoms. The summed E-state index contributed by atoms with van der Waals surface area (Å²) in [5.41, 5.74) is 0. The molecule has 0 aromatic rings. The minimum absolute atomic E-state index is 0.142. The lowest BCUT2D eigenvalue weighted by Crippen LogP contribution is -2.42. The van der Waals surface area contributed by atoms with Crippen LogP contribution >= 0.6 is 0 Å². The van der Waals surface area contributed by atoms with Crippen LogP contribution in [0.5, 0.6) is 0 Å². The summed E-state index contributed by atoms with van der Waals surface area (Å²) < 4.78 is 5.98. The second kappa shape index (κ2) is 9.68. The van der Waals surface area contributed by atoms with E-state index < -0.39 is 17.8 Å². The van der Waals surface area contributed by atoms with Crippen LogP contribution in [0.3, 0.4) is 0 Å². The van der Waals surface area contributed by atoms with E-state index in [0.29, 0.717) is 23.9 Å². The molecule has 0 spiro atoms. The molecule has 2 fully saturated rings. The highest BCUT2D eigenvalue weighted by molar-refractivity contribution is 5.82. The Bertz CT molecular complexity index is 550. The fraction of sp³-hybridized carbons (Fsp3) is 0.722. The van der Waals surface area contributed by atoms with E-state index in [9.17, 15) is 19.6 Å². The number of hydroxylamine groups is 2. The highest BCUT2D eigenvalue weighted by atomic mass is 16.5. The zero-order valence-electron chi connectivity index (χ0n) is 15.1. The lowest BCUT2D eigenvalue weighted by Gasteiger charge is -2.27. The van der Waals surface area contributed by atoms with Gasteiger partial charge in [0, 0.05) is 25.8 Å². The first kappa shape index (κ1) is 20.4. The van der Waals surface area contributed by atoms with Gasteiger partial charge in [0.25, 0.3) is 0 Å². The number of rotatable bonds is 10. The minimum Gasteiger partial charge on any atom is -0.481 e. The summed E-state index contributed by atoms with van der Waals surface area (Å²) in [7, 11) is 0. The summed E-state index contributed by atoms with van der Waals surface area (Å²) in [5.74, 6) is -1.21. The van der Waals surface area contributed by atoms with Gasteiger partial charge < -0.3 is 15.2 Å². The lowest BCUT2D eigenvalue weighted by molar-refractivity contribution is -0.166. The molecule has 3 N–H and O–H groups in total. The largest absolute Gasteiger partial charge is 0.481 e. The number of nitrogens with one attached hydrogen (secondary N) is 1. The Morgan fingerprint density at radius 2 is 1.88 bits per heavy atom. The molecule has 0 aliphatic carbocycles. The molecule has 2 aliphatic rings. The number of unbranched alkanes of at least 4 members (excludes halogenated alkanes) is 1. The lowest BCUT2D eigenvalue weighted by atomic mass is 9.77. The van der Waals surface area contributed by atoms with Crippen molar-refractivity contribution in [2.75, 3.05) is 13.1 Å². The maximum atomic E-state index is 11.8. The van der Waals surface area contributed by atoms with Gasteiger partial charge >= 0.3 is 5.97 Å². The van der Waals surface area contributed by atoms with E-state index in [-0.39, 0.29) is 31.1 Å². The summed E-state index contributed by atoms with van der Waals surface area (Å²) in [6.07, 6.45) is 8.86. The van der Waals surface area contributed by atoms with Gasteiger partial charge in [0.1, 0.15) is 6.54 Å². The minimum atomic E-state index is -0.776. The first-order chi connectivity index (χ1) is 12.4. The smallest absolute Gasteiger partial charge is 0.303 e. The Morgan fingerprint density at radius 3 is 2.54 bits per heavy atom. The number of carboxylic acid groups (broad SMARTS) is 1. The average Bonchev–Trinajstić information content (AvgIpc) is 3.17. The fourth-order valence-corrected chi connectivity index (χ4v) is 3.76. The van der Waals surface area contributed by atoms with Crippen molar-refractivity contribution in [3.63, 3.8) is 0 Å². The Morgan fingerprint density at radius 1 is 1.19 bits per heavy atom. The van der Waals surface area contributed by atoms with Crippen molar-refractivity contribution in [2.45, 2.75) is 57.7 Å². The summed E-state index contributed by atoms with van der Waals surface area (Å²) in [6, 6.07) is 0. The van der Waals surface area contributed by atoms with Gasteiger partial charge in [-0.25, -0.2) is 5.06 Å². The van der Waals surface area contributed by atoms with Crippen molar-refractivity contribution in [1.29, 1.82) is 0 Å². The van der Waals surface area contributed by atoms with Gasteiger partial charge in [-0.3, -0.25) is 19.6 Å². The van der Waals surface area contributed by atoms with Gasteiger partial charge in [0.05, 0.1) is 12.2 Å². The van der Waals surface area contributed by atoms with E-state index in [1.54, 1.807) is 0 Å². The molecule has 2 amide bonds. The molecular formula is C18H28N2O6. The third-order valence-corrected chi connectivity index (χ3v) is 5.12. The van der Waals surface area contributed by atoms with Gasteiger partial charge in [0.15, 0.2) is 0 Å². The molecule has 0 unspecified atom stereocenters. The van der Waals surface area contributed by atoms with Crippen molar-refractivity contribution in [3.8, 4) is 0 Å². The van der Waals surface area contributed by atoms with E-state index in [4.69, 9.17) is 9.84 Å². The zero-order chi connectivity index (χ0) is 19.1. The second-order valence-corrected chi connectivity index (χ2v) is 6.99. The standard InChI is InChI=1S/C18H28N2O6/c1-12(21)20(25)11-17(22)19-10-14-13(15-8-9-16(14)26-15)6-4-2-3-5-7-18(23)24/h2,4,13-16,25H,3,5-11H2,1H3,(H,19,22)(H,23,24)/b4-2-/t13-,14+,15-,16+/m1/s1. The monoisotopic (exact) mass is 368 g/mol. The maximum Gasteiger partial charge on any atom is 0.303 e. The highest BCUT2D eigenvalue weighted by Crippen LogP contribution is 2.44. The third-order valence-electron chi connectivity index (χ3n) is 5.12.